The summed E-state index contributed by atoms with van der Waals surface area (Å²) in [5.41, 5.74) is 2.31. The summed E-state index contributed by atoms with van der Waals surface area (Å²) < 4.78 is 5.29. The summed E-state index contributed by atoms with van der Waals surface area (Å²) in [6.45, 7) is 8.11. The molecule has 0 spiro atoms. The molecule has 20 heavy (non-hydrogen) atoms. The molecule has 4 heteroatoms. The summed E-state index contributed by atoms with van der Waals surface area (Å²) in [4.78, 5) is 7.25. The molecule has 1 aromatic rings. The lowest BCUT2D eigenvalue weighted by Gasteiger charge is -2.32. The Morgan fingerprint density at radius 3 is 3.05 bits per heavy atom. The topological polar surface area (TPSA) is 37.4 Å². The summed E-state index contributed by atoms with van der Waals surface area (Å²) in [6, 6.07) is 6.34. The van der Waals surface area contributed by atoms with Gasteiger partial charge in [-0.3, -0.25) is 9.88 Å². The third-order valence-electron chi connectivity index (χ3n) is 3.81. The van der Waals surface area contributed by atoms with Crippen LogP contribution in [0.1, 0.15) is 31.2 Å². The van der Waals surface area contributed by atoms with Crippen molar-refractivity contribution in [2.45, 2.75) is 32.9 Å². The lowest BCUT2D eigenvalue weighted by molar-refractivity contribution is 0.0868. The number of likely N-dealkylation sites (tertiary alicyclic amines) is 1. The van der Waals surface area contributed by atoms with E-state index in [1.807, 2.05) is 0 Å². The lowest BCUT2D eigenvalue weighted by Crippen LogP contribution is -2.36. The highest BCUT2D eigenvalue weighted by molar-refractivity contribution is 5.11. The zero-order valence-electron chi connectivity index (χ0n) is 12.8. The van der Waals surface area contributed by atoms with Crippen LogP contribution in [0.4, 0.5) is 0 Å². The van der Waals surface area contributed by atoms with Crippen LogP contribution in [0.3, 0.4) is 0 Å². The summed E-state index contributed by atoms with van der Waals surface area (Å²) in [5.74, 6) is 0.679. The molecule has 4 nitrogen and oxygen atoms in total. The first-order valence-electron chi connectivity index (χ1n) is 7.68. The van der Waals surface area contributed by atoms with Gasteiger partial charge in [-0.25, -0.2) is 0 Å². The molecule has 0 aliphatic carbocycles. The largest absolute Gasteiger partial charge is 0.384 e. The van der Waals surface area contributed by atoms with Crippen molar-refractivity contribution < 1.29 is 4.74 Å². The van der Waals surface area contributed by atoms with Gasteiger partial charge in [0.15, 0.2) is 0 Å². The number of hydrogen-bond donors (Lipinski definition) is 1. The van der Waals surface area contributed by atoms with E-state index in [0.717, 1.165) is 38.5 Å². The number of ether oxygens (including phenoxy) is 1. The molecule has 2 rings (SSSR count). The van der Waals surface area contributed by atoms with Crippen molar-refractivity contribution in [3.63, 3.8) is 0 Å². The molecule has 0 aromatic carbocycles. The molecule has 2 heterocycles. The van der Waals surface area contributed by atoms with E-state index < -0.39 is 0 Å². The third kappa shape index (κ3) is 4.85. The van der Waals surface area contributed by atoms with Crippen molar-refractivity contribution >= 4 is 0 Å². The predicted molar refractivity (Wildman–Crippen MR) is 81.5 cm³/mol. The van der Waals surface area contributed by atoms with E-state index in [-0.39, 0.29) is 0 Å². The Labute approximate surface area is 122 Å². The Balaban J connectivity index is 1.88. The maximum absolute atomic E-state index is 5.29. The second kappa shape index (κ2) is 8.35. The minimum absolute atomic E-state index is 0.679. The molecule has 1 unspecified atom stereocenters. The lowest BCUT2D eigenvalue weighted by atomic mass is 9.99. The molecular formula is C16H27N3O. The van der Waals surface area contributed by atoms with Gasteiger partial charge in [0.05, 0.1) is 18.0 Å². The normalized spacial score (nSPS) is 20.2. The van der Waals surface area contributed by atoms with Crippen LogP contribution >= 0.6 is 0 Å². The fourth-order valence-corrected chi connectivity index (χ4v) is 2.86. The van der Waals surface area contributed by atoms with E-state index >= 15 is 0 Å². The van der Waals surface area contributed by atoms with E-state index in [4.69, 9.17) is 9.72 Å². The Morgan fingerprint density at radius 2 is 2.25 bits per heavy atom. The molecule has 112 valence electrons. The van der Waals surface area contributed by atoms with Crippen LogP contribution in [0.15, 0.2) is 18.2 Å². The SMILES string of the molecule is CCNCc1cccc(CN2CCCC(COC)C2)n1. The molecule has 0 bridgehead atoms. The van der Waals surface area contributed by atoms with Gasteiger partial charge in [-0.2, -0.15) is 0 Å². The van der Waals surface area contributed by atoms with Gasteiger partial charge in [-0.05, 0) is 44.0 Å². The predicted octanol–water partition coefficient (Wildman–Crippen LogP) is 2.05. The number of methoxy groups -OCH3 is 1. The smallest absolute Gasteiger partial charge is 0.0547 e. The highest BCUT2D eigenvalue weighted by atomic mass is 16.5. The molecule has 0 radical (unpaired) electrons. The van der Waals surface area contributed by atoms with Crippen molar-refractivity contribution in [3.05, 3.63) is 29.6 Å². The van der Waals surface area contributed by atoms with Crippen molar-refractivity contribution in [2.75, 3.05) is 33.4 Å². The average Bonchev–Trinajstić information content (AvgIpc) is 2.46. The van der Waals surface area contributed by atoms with Crippen molar-refractivity contribution in [1.29, 1.82) is 0 Å². The Morgan fingerprint density at radius 1 is 1.40 bits per heavy atom. The van der Waals surface area contributed by atoms with Crippen LogP contribution in [-0.4, -0.2) is 43.2 Å². The molecular weight excluding hydrogens is 250 g/mol. The minimum atomic E-state index is 0.679. The highest BCUT2D eigenvalue weighted by Gasteiger charge is 2.20. The van der Waals surface area contributed by atoms with Crippen molar-refractivity contribution in [3.8, 4) is 0 Å². The van der Waals surface area contributed by atoms with E-state index in [1.54, 1.807) is 7.11 Å². The Kier molecular flexibility index (Phi) is 6.43. The van der Waals surface area contributed by atoms with E-state index in [1.165, 1.54) is 25.1 Å². The summed E-state index contributed by atoms with van der Waals surface area (Å²) >= 11 is 0. The first-order valence-corrected chi connectivity index (χ1v) is 7.68. The number of piperidine rings is 1. The number of aromatic nitrogens is 1. The molecule has 1 fully saturated rings. The minimum Gasteiger partial charge on any atom is -0.384 e. The molecule has 0 amide bonds. The monoisotopic (exact) mass is 277 g/mol. The zero-order chi connectivity index (χ0) is 14.2. The number of nitrogens with zero attached hydrogens (tertiary/aromatic N) is 2. The number of rotatable bonds is 7. The van der Waals surface area contributed by atoms with Gasteiger partial charge >= 0.3 is 0 Å². The standard InChI is InChI=1S/C16H27N3O/c1-3-17-10-15-7-4-8-16(18-15)12-19-9-5-6-14(11-19)13-20-2/h4,7-8,14,17H,3,5-6,9-13H2,1-2H3. The highest BCUT2D eigenvalue weighted by Crippen LogP contribution is 2.18. The third-order valence-corrected chi connectivity index (χ3v) is 3.81. The van der Waals surface area contributed by atoms with Crippen molar-refractivity contribution in [1.82, 2.24) is 15.2 Å². The number of hydrogen-bond acceptors (Lipinski definition) is 4. The quantitative estimate of drug-likeness (QED) is 0.828. The molecule has 1 aliphatic rings. The van der Waals surface area contributed by atoms with Crippen molar-refractivity contribution in [2.24, 2.45) is 5.92 Å². The van der Waals surface area contributed by atoms with E-state index in [0.29, 0.717) is 5.92 Å². The molecule has 1 atom stereocenters. The fourth-order valence-electron chi connectivity index (χ4n) is 2.86. The first-order chi connectivity index (χ1) is 9.81. The van der Waals surface area contributed by atoms with Crippen LogP contribution in [0, 0.1) is 5.92 Å². The van der Waals surface area contributed by atoms with Crippen LogP contribution in [0.25, 0.3) is 0 Å². The van der Waals surface area contributed by atoms with Gasteiger partial charge in [0.25, 0.3) is 0 Å². The molecule has 1 aromatic heterocycles. The second-order valence-corrected chi connectivity index (χ2v) is 5.60. The van der Waals surface area contributed by atoms with Gasteiger partial charge < -0.3 is 10.1 Å². The molecule has 1 N–H and O–H groups in total. The number of pyridine rings is 1. The maximum atomic E-state index is 5.29. The van der Waals surface area contributed by atoms with Gasteiger partial charge in [-0.15, -0.1) is 0 Å². The molecule has 0 saturated carbocycles. The summed E-state index contributed by atoms with van der Waals surface area (Å²) in [6.07, 6.45) is 2.56. The van der Waals surface area contributed by atoms with Gasteiger partial charge in [-0.1, -0.05) is 13.0 Å². The van der Waals surface area contributed by atoms with Crippen LogP contribution in [0.2, 0.25) is 0 Å². The summed E-state index contributed by atoms with van der Waals surface area (Å²) in [7, 11) is 1.80. The first kappa shape index (κ1) is 15.4. The Hall–Kier alpha value is -0.970. The van der Waals surface area contributed by atoms with E-state index in [2.05, 4.69) is 35.3 Å². The molecule has 1 aliphatic heterocycles. The van der Waals surface area contributed by atoms with Crippen LogP contribution < -0.4 is 5.32 Å². The molecule has 1 saturated heterocycles. The van der Waals surface area contributed by atoms with Gasteiger partial charge in [0.2, 0.25) is 0 Å². The van der Waals surface area contributed by atoms with Gasteiger partial charge in [0.1, 0.15) is 0 Å². The maximum Gasteiger partial charge on any atom is 0.0547 e. The zero-order valence-corrected chi connectivity index (χ0v) is 12.8. The van der Waals surface area contributed by atoms with Crippen LogP contribution in [-0.2, 0) is 17.8 Å². The Bertz CT molecular complexity index is 395. The van der Waals surface area contributed by atoms with E-state index in [9.17, 15) is 0 Å². The second-order valence-electron chi connectivity index (χ2n) is 5.60. The summed E-state index contributed by atoms with van der Waals surface area (Å²) in [5, 5.41) is 3.33. The number of nitrogens with one attached hydrogen (secondary N) is 1. The fraction of sp³-hybridized carbons (Fsp3) is 0.688. The average molecular weight is 277 g/mol. The van der Waals surface area contributed by atoms with Gasteiger partial charge in [0, 0.05) is 26.7 Å². The van der Waals surface area contributed by atoms with Crippen LogP contribution in [0.5, 0.6) is 0 Å².